The molecule has 1 aliphatic rings. The Hall–Kier alpha value is -4.23. The molecule has 5 rings (SSSR count). The molecule has 1 aromatic carbocycles. The van der Waals surface area contributed by atoms with Gasteiger partial charge in [-0.15, -0.1) is 0 Å². The summed E-state index contributed by atoms with van der Waals surface area (Å²) in [4.78, 5) is 28.7. The molecule has 0 bridgehead atoms. The monoisotopic (exact) mass is 597 g/mol. The molecule has 3 aromatic heterocycles. The first-order valence-electron chi connectivity index (χ1n) is 13.2. The van der Waals surface area contributed by atoms with Gasteiger partial charge in [0.25, 0.3) is 5.91 Å². The van der Waals surface area contributed by atoms with Crippen molar-refractivity contribution in [3.05, 3.63) is 72.1 Å². The van der Waals surface area contributed by atoms with Crippen LogP contribution in [-0.2, 0) is 21.1 Å². The molecule has 10 nitrogen and oxygen atoms in total. The number of hydrogen-bond acceptors (Lipinski definition) is 9. The van der Waals surface area contributed by atoms with Crippen LogP contribution in [0.25, 0.3) is 22.3 Å². The minimum Gasteiger partial charge on any atom is -0.435 e. The van der Waals surface area contributed by atoms with Crippen LogP contribution in [0.4, 0.5) is 14.6 Å². The van der Waals surface area contributed by atoms with Crippen LogP contribution < -0.4 is 15.0 Å². The maximum Gasteiger partial charge on any atom is 0.387 e. The standard InChI is InChI=1S/C29H29F2N5O5S/c1-17-15-36(16-18(2)40-17)27-6-4-5-24(35-27)25-8-7-19-13-32-21(11-26(19)34-25)14-33-28(37)20-9-22(41-29(30)31)12-23(10-20)42(3,38)39/h4-13,17-18,29H,14-16H2,1-3H3,(H,33,37)/t17-,18+. The normalized spacial score (nSPS) is 17.4. The van der Waals surface area contributed by atoms with E-state index in [1.807, 2.05) is 44.2 Å². The Morgan fingerprint density at radius 3 is 2.52 bits per heavy atom. The molecule has 42 heavy (non-hydrogen) atoms. The topological polar surface area (TPSA) is 124 Å². The van der Waals surface area contributed by atoms with Crippen LogP contribution in [-0.4, -0.2) is 67.4 Å². The van der Waals surface area contributed by atoms with Crippen LogP contribution in [0.2, 0.25) is 0 Å². The van der Waals surface area contributed by atoms with Gasteiger partial charge in [0, 0.05) is 36.5 Å². The van der Waals surface area contributed by atoms with E-state index in [2.05, 4.69) is 19.9 Å². The molecule has 1 fully saturated rings. The predicted octanol–water partition coefficient (Wildman–Crippen LogP) is 4.24. The summed E-state index contributed by atoms with van der Waals surface area (Å²) < 4.78 is 59.7. The first-order valence-corrected chi connectivity index (χ1v) is 15.1. The minimum absolute atomic E-state index is 0.0179. The van der Waals surface area contributed by atoms with Gasteiger partial charge < -0.3 is 19.7 Å². The number of nitrogens with zero attached hydrogens (tertiary/aromatic N) is 4. The number of fused-ring (bicyclic) bond motifs is 1. The number of ether oxygens (including phenoxy) is 2. The van der Waals surface area contributed by atoms with Crippen LogP contribution in [0, 0.1) is 0 Å². The number of aromatic nitrogens is 3. The number of carbonyl (C=O) groups excluding carboxylic acids is 1. The molecular weight excluding hydrogens is 568 g/mol. The van der Waals surface area contributed by atoms with Gasteiger partial charge in [0.05, 0.1) is 46.2 Å². The molecule has 1 amide bonds. The Morgan fingerprint density at radius 1 is 1.07 bits per heavy atom. The number of halogens is 2. The second-order valence-electron chi connectivity index (χ2n) is 10.1. The number of sulfone groups is 1. The summed E-state index contributed by atoms with van der Waals surface area (Å²) in [7, 11) is -3.79. The number of nitrogens with one attached hydrogen (secondary N) is 1. The summed E-state index contributed by atoms with van der Waals surface area (Å²) in [5.41, 5.74) is 2.36. The molecule has 4 heterocycles. The third-order valence-electron chi connectivity index (χ3n) is 6.60. The fraction of sp³-hybridized carbons (Fsp3) is 0.310. The van der Waals surface area contributed by atoms with Crippen LogP contribution in [0.15, 0.2) is 65.7 Å². The number of rotatable bonds is 8. The fourth-order valence-corrected chi connectivity index (χ4v) is 5.44. The van der Waals surface area contributed by atoms with E-state index < -0.39 is 28.1 Å². The molecule has 1 N–H and O–H groups in total. The number of anilines is 1. The predicted molar refractivity (Wildman–Crippen MR) is 152 cm³/mol. The first-order chi connectivity index (χ1) is 19.9. The molecular formula is C29H29F2N5O5S. The van der Waals surface area contributed by atoms with Crippen LogP contribution in [0.1, 0.15) is 29.9 Å². The van der Waals surface area contributed by atoms with Crippen molar-refractivity contribution in [3.8, 4) is 17.1 Å². The molecule has 13 heteroatoms. The van der Waals surface area contributed by atoms with E-state index in [0.717, 1.165) is 48.7 Å². The average Bonchev–Trinajstić information content (AvgIpc) is 2.94. The number of carbonyl (C=O) groups is 1. The number of benzene rings is 1. The number of amides is 1. The first kappa shape index (κ1) is 29.3. The molecule has 0 aliphatic carbocycles. The average molecular weight is 598 g/mol. The lowest BCUT2D eigenvalue weighted by Crippen LogP contribution is -2.45. The summed E-state index contributed by atoms with van der Waals surface area (Å²) in [6.45, 7) is 2.36. The van der Waals surface area contributed by atoms with E-state index in [0.29, 0.717) is 22.6 Å². The van der Waals surface area contributed by atoms with Gasteiger partial charge in [-0.1, -0.05) is 6.07 Å². The van der Waals surface area contributed by atoms with Gasteiger partial charge in [-0.05, 0) is 62.4 Å². The lowest BCUT2D eigenvalue weighted by molar-refractivity contribution is -0.0500. The lowest BCUT2D eigenvalue weighted by atomic mass is 10.1. The van der Waals surface area contributed by atoms with Gasteiger partial charge >= 0.3 is 6.61 Å². The van der Waals surface area contributed by atoms with E-state index in [1.54, 1.807) is 12.3 Å². The highest BCUT2D eigenvalue weighted by atomic mass is 32.2. The van der Waals surface area contributed by atoms with Gasteiger partial charge in [-0.3, -0.25) is 9.78 Å². The van der Waals surface area contributed by atoms with Gasteiger partial charge in [0.1, 0.15) is 11.6 Å². The van der Waals surface area contributed by atoms with Crippen molar-refractivity contribution in [1.29, 1.82) is 0 Å². The highest BCUT2D eigenvalue weighted by molar-refractivity contribution is 7.90. The van der Waals surface area contributed by atoms with E-state index >= 15 is 0 Å². The number of alkyl halides is 2. The largest absolute Gasteiger partial charge is 0.435 e. The number of morpholine rings is 1. The molecule has 1 saturated heterocycles. The Balaban J connectivity index is 1.35. The van der Waals surface area contributed by atoms with Gasteiger partial charge in [-0.25, -0.2) is 18.4 Å². The summed E-state index contributed by atoms with van der Waals surface area (Å²) in [5.74, 6) is -0.276. The van der Waals surface area contributed by atoms with Gasteiger partial charge in [-0.2, -0.15) is 8.78 Å². The van der Waals surface area contributed by atoms with Crippen molar-refractivity contribution in [2.45, 2.75) is 44.1 Å². The summed E-state index contributed by atoms with van der Waals surface area (Å²) in [6.07, 6.45) is 2.74. The van der Waals surface area contributed by atoms with Crippen molar-refractivity contribution in [3.63, 3.8) is 0 Å². The van der Waals surface area contributed by atoms with Crippen molar-refractivity contribution < 1.29 is 31.5 Å². The Bertz CT molecular complexity index is 1730. The molecule has 0 unspecified atom stereocenters. The second kappa shape index (κ2) is 11.9. The lowest BCUT2D eigenvalue weighted by Gasteiger charge is -2.36. The van der Waals surface area contributed by atoms with Crippen LogP contribution in [0.3, 0.4) is 0 Å². The SMILES string of the molecule is C[C@@H]1CN(c2cccc(-c3ccc4cnc(CNC(=O)c5cc(OC(F)F)cc(S(C)(=O)=O)c5)cc4n3)n2)C[C@H](C)O1. The molecule has 2 atom stereocenters. The van der Waals surface area contributed by atoms with Crippen molar-refractivity contribution in [1.82, 2.24) is 20.3 Å². The number of pyridine rings is 3. The molecule has 1 aliphatic heterocycles. The summed E-state index contributed by atoms with van der Waals surface area (Å²) in [6, 6.07) is 14.4. The van der Waals surface area contributed by atoms with Crippen molar-refractivity contribution >= 4 is 32.5 Å². The molecule has 4 aromatic rings. The zero-order chi connectivity index (χ0) is 30.0. The maximum absolute atomic E-state index is 12.8. The van der Waals surface area contributed by atoms with Gasteiger partial charge in [0.2, 0.25) is 0 Å². The minimum atomic E-state index is -3.79. The smallest absolute Gasteiger partial charge is 0.387 e. The molecule has 0 radical (unpaired) electrons. The Morgan fingerprint density at radius 2 is 1.81 bits per heavy atom. The summed E-state index contributed by atoms with van der Waals surface area (Å²) in [5, 5.41) is 3.43. The fourth-order valence-electron chi connectivity index (χ4n) is 4.77. The molecule has 0 spiro atoms. The third kappa shape index (κ3) is 6.97. The maximum atomic E-state index is 12.8. The van der Waals surface area contributed by atoms with E-state index in [-0.39, 0.29) is 29.2 Å². The zero-order valence-electron chi connectivity index (χ0n) is 23.1. The van der Waals surface area contributed by atoms with E-state index in [4.69, 9.17) is 14.7 Å². The second-order valence-corrected chi connectivity index (χ2v) is 12.2. The Labute approximate surface area is 241 Å². The quantitative estimate of drug-likeness (QED) is 0.318. The van der Waals surface area contributed by atoms with Crippen LogP contribution in [0.5, 0.6) is 5.75 Å². The van der Waals surface area contributed by atoms with Crippen LogP contribution >= 0.6 is 0 Å². The van der Waals surface area contributed by atoms with Crippen molar-refractivity contribution in [2.24, 2.45) is 0 Å². The Kier molecular flexibility index (Phi) is 8.32. The zero-order valence-corrected chi connectivity index (χ0v) is 23.9. The molecule has 220 valence electrons. The summed E-state index contributed by atoms with van der Waals surface area (Å²) >= 11 is 0. The van der Waals surface area contributed by atoms with E-state index in [9.17, 15) is 22.0 Å². The van der Waals surface area contributed by atoms with Gasteiger partial charge in [0.15, 0.2) is 9.84 Å². The number of hydrogen-bond donors (Lipinski definition) is 1. The van der Waals surface area contributed by atoms with Crippen molar-refractivity contribution in [2.75, 3.05) is 24.2 Å². The third-order valence-corrected chi connectivity index (χ3v) is 7.69. The highest BCUT2D eigenvalue weighted by Gasteiger charge is 2.23. The molecule has 0 saturated carbocycles. The van der Waals surface area contributed by atoms with E-state index in [1.165, 1.54) is 0 Å². The highest BCUT2D eigenvalue weighted by Crippen LogP contribution is 2.25.